The summed E-state index contributed by atoms with van der Waals surface area (Å²) in [6.07, 6.45) is 5.56. The van der Waals surface area contributed by atoms with Crippen molar-refractivity contribution in [2.45, 2.75) is 18.4 Å². The van der Waals surface area contributed by atoms with Gasteiger partial charge in [-0.1, -0.05) is 30.3 Å². The number of hydrogen-bond donors (Lipinski definition) is 2. The van der Waals surface area contributed by atoms with Gasteiger partial charge in [0.1, 0.15) is 11.4 Å². The molecule has 2 aromatic rings. The molecule has 1 aliphatic rings. The number of benzene rings is 1. The molecular formula is C16H21N3O. The number of aliphatic hydroxyl groups is 1. The number of nitrogens with zero attached hydrogens (tertiary/aromatic N) is 2. The van der Waals surface area contributed by atoms with Gasteiger partial charge >= 0.3 is 0 Å². The smallest absolute Gasteiger partial charge is 0.150 e. The predicted molar refractivity (Wildman–Crippen MR) is 78.2 cm³/mol. The Hall–Kier alpha value is -1.65. The number of rotatable bonds is 3. The fraction of sp³-hybridized carbons (Fsp3) is 0.438. The van der Waals surface area contributed by atoms with Gasteiger partial charge in [0.2, 0.25) is 0 Å². The van der Waals surface area contributed by atoms with Gasteiger partial charge in [-0.25, -0.2) is 4.98 Å². The highest BCUT2D eigenvalue weighted by molar-refractivity contribution is 5.31. The minimum atomic E-state index is -1.01. The zero-order chi connectivity index (χ0) is 14.0. The Morgan fingerprint density at radius 2 is 1.95 bits per heavy atom. The Morgan fingerprint density at radius 1 is 1.25 bits per heavy atom. The van der Waals surface area contributed by atoms with Gasteiger partial charge < -0.3 is 15.0 Å². The van der Waals surface area contributed by atoms with Crippen molar-refractivity contribution in [3.8, 4) is 0 Å². The molecule has 4 nitrogen and oxygen atoms in total. The number of imidazole rings is 1. The number of nitrogens with one attached hydrogen (secondary N) is 1. The Balaban J connectivity index is 2.09. The number of hydrogen-bond acceptors (Lipinski definition) is 3. The van der Waals surface area contributed by atoms with Crippen LogP contribution in [0.2, 0.25) is 0 Å². The van der Waals surface area contributed by atoms with Gasteiger partial charge in [-0.3, -0.25) is 0 Å². The van der Waals surface area contributed by atoms with Crippen LogP contribution < -0.4 is 5.32 Å². The fourth-order valence-corrected chi connectivity index (χ4v) is 3.21. The van der Waals surface area contributed by atoms with E-state index in [-0.39, 0.29) is 5.92 Å². The van der Waals surface area contributed by atoms with Gasteiger partial charge in [-0.15, -0.1) is 0 Å². The first kappa shape index (κ1) is 13.3. The molecule has 0 radical (unpaired) electrons. The molecule has 1 fully saturated rings. The van der Waals surface area contributed by atoms with Crippen LogP contribution in [0, 0.1) is 5.92 Å². The summed E-state index contributed by atoms with van der Waals surface area (Å²) in [7, 11) is 1.94. The molecule has 0 saturated carbocycles. The van der Waals surface area contributed by atoms with Crippen molar-refractivity contribution in [3.05, 3.63) is 54.1 Å². The first-order valence-corrected chi connectivity index (χ1v) is 7.19. The average Bonchev–Trinajstić information content (AvgIpc) is 2.95. The number of aryl methyl sites for hydroxylation is 1. The highest BCUT2D eigenvalue weighted by Crippen LogP contribution is 2.39. The molecule has 1 atom stereocenters. The maximum atomic E-state index is 11.5. The lowest BCUT2D eigenvalue weighted by Gasteiger charge is -2.38. The highest BCUT2D eigenvalue weighted by Gasteiger charge is 2.43. The molecule has 1 aromatic heterocycles. The molecule has 1 saturated heterocycles. The van der Waals surface area contributed by atoms with Crippen molar-refractivity contribution >= 4 is 0 Å². The summed E-state index contributed by atoms with van der Waals surface area (Å²) in [5.41, 5.74) is -0.0806. The van der Waals surface area contributed by atoms with Gasteiger partial charge in [0.15, 0.2) is 0 Å². The summed E-state index contributed by atoms with van der Waals surface area (Å²) in [4.78, 5) is 4.43. The molecule has 0 amide bonds. The summed E-state index contributed by atoms with van der Waals surface area (Å²) in [5, 5.41) is 14.9. The molecule has 3 rings (SSSR count). The van der Waals surface area contributed by atoms with Gasteiger partial charge in [-0.05, 0) is 31.5 Å². The molecule has 0 spiro atoms. The van der Waals surface area contributed by atoms with Crippen LogP contribution in [0.1, 0.15) is 24.2 Å². The van der Waals surface area contributed by atoms with E-state index >= 15 is 0 Å². The van der Waals surface area contributed by atoms with E-state index < -0.39 is 5.60 Å². The largest absolute Gasteiger partial charge is 0.377 e. The summed E-state index contributed by atoms with van der Waals surface area (Å²) < 4.78 is 1.93. The van der Waals surface area contributed by atoms with Crippen molar-refractivity contribution in [3.63, 3.8) is 0 Å². The van der Waals surface area contributed by atoms with Crippen molar-refractivity contribution in [1.82, 2.24) is 14.9 Å². The molecule has 1 aliphatic heterocycles. The standard InChI is InChI=1S/C16H21N3O/c1-19-12-11-18-15(19)16(20,13-5-3-2-4-6-13)14-7-9-17-10-8-14/h2-6,11-12,14,17,20H,7-10H2,1H3. The first-order chi connectivity index (χ1) is 9.73. The van der Waals surface area contributed by atoms with Crippen molar-refractivity contribution in [2.24, 2.45) is 13.0 Å². The monoisotopic (exact) mass is 271 g/mol. The molecule has 1 aromatic carbocycles. The summed E-state index contributed by atoms with van der Waals surface area (Å²) >= 11 is 0. The van der Waals surface area contributed by atoms with Gasteiger partial charge in [-0.2, -0.15) is 0 Å². The van der Waals surface area contributed by atoms with E-state index in [0.29, 0.717) is 0 Å². The maximum absolute atomic E-state index is 11.5. The van der Waals surface area contributed by atoms with E-state index in [1.165, 1.54) is 0 Å². The minimum absolute atomic E-state index is 0.187. The van der Waals surface area contributed by atoms with Crippen LogP contribution in [-0.2, 0) is 12.6 Å². The van der Waals surface area contributed by atoms with Crippen molar-refractivity contribution < 1.29 is 5.11 Å². The van der Waals surface area contributed by atoms with Gasteiger partial charge in [0.05, 0.1) is 0 Å². The van der Waals surface area contributed by atoms with E-state index in [1.807, 2.05) is 48.1 Å². The molecule has 2 N–H and O–H groups in total. The van der Waals surface area contributed by atoms with Crippen LogP contribution in [0.3, 0.4) is 0 Å². The predicted octanol–water partition coefficient (Wildman–Crippen LogP) is 1.66. The zero-order valence-electron chi connectivity index (χ0n) is 11.8. The SMILES string of the molecule is Cn1ccnc1C(O)(c1ccccc1)C1CCNCC1. The van der Waals surface area contributed by atoms with E-state index in [9.17, 15) is 5.11 Å². The van der Waals surface area contributed by atoms with Crippen LogP contribution in [0.15, 0.2) is 42.7 Å². The summed E-state index contributed by atoms with van der Waals surface area (Å²) in [5.74, 6) is 0.919. The van der Waals surface area contributed by atoms with Crippen LogP contribution in [-0.4, -0.2) is 27.7 Å². The van der Waals surface area contributed by atoms with Crippen LogP contribution >= 0.6 is 0 Å². The van der Waals surface area contributed by atoms with Crippen LogP contribution in [0.5, 0.6) is 0 Å². The number of piperidine rings is 1. The second-order valence-corrected chi connectivity index (χ2v) is 5.52. The second kappa shape index (κ2) is 5.38. The van der Waals surface area contributed by atoms with Crippen LogP contribution in [0.4, 0.5) is 0 Å². The maximum Gasteiger partial charge on any atom is 0.150 e. The summed E-state index contributed by atoms with van der Waals surface area (Å²) in [6.45, 7) is 1.90. The normalized spacial score (nSPS) is 19.7. The molecule has 106 valence electrons. The molecule has 0 aliphatic carbocycles. The third kappa shape index (κ3) is 2.15. The third-order valence-electron chi connectivity index (χ3n) is 4.31. The van der Waals surface area contributed by atoms with Crippen molar-refractivity contribution in [2.75, 3.05) is 13.1 Å². The third-order valence-corrected chi connectivity index (χ3v) is 4.31. The molecule has 4 heteroatoms. The lowest BCUT2D eigenvalue weighted by Crippen LogP contribution is -2.44. The first-order valence-electron chi connectivity index (χ1n) is 7.19. The van der Waals surface area contributed by atoms with E-state index in [1.54, 1.807) is 6.20 Å². The van der Waals surface area contributed by atoms with Crippen LogP contribution in [0.25, 0.3) is 0 Å². The Bertz CT molecular complexity index is 560. The van der Waals surface area contributed by atoms with Crippen molar-refractivity contribution in [1.29, 1.82) is 0 Å². The lowest BCUT2D eigenvalue weighted by molar-refractivity contribution is -0.00762. The summed E-state index contributed by atoms with van der Waals surface area (Å²) in [6, 6.07) is 9.92. The number of aromatic nitrogens is 2. The van der Waals surface area contributed by atoms with E-state index in [4.69, 9.17) is 0 Å². The van der Waals surface area contributed by atoms with Gasteiger partial charge in [0.25, 0.3) is 0 Å². The minimum Gasteiger partial charge on any atom is -0.377 e. The zero-order valence-corrected chi connectivity index (χ0v) is 11.8. The highest BCUT2D eigenvalue weighted by atomic mass is 16.3. The Kier molecular flexibility index (Phi) is 3.59. The quantitative estimate of drug-likeness (QED) is 0.892. The lowest BCUT2D eigenvalue weighted by atomic mass is 9.75. The van der Waals surface area contributed by atoms with E-state index in [2.05, 4.69) is 10.3 Å². The molecule has 0 bridgehead atoms. The van der Waals surface area contributed by atoms with E-state index in [0.717, 1.165) is 37.3 Å². The molecule has 2 heterocycles. The molecular weight excluding hydrogens is 250 g/mol. The molecule has 1 unspecified atom stereocenters. The Labute approximate surface area is 119 Å². The molecule has 20 heavy (non-hydrogen) atoms. The average molecular weight is 271 g/mol. The topological polar surface area (TPSA) is 50.1 Å². The second-order valence-electron chi connectivity index (χ2n) is 5.52. The van der Waals surface area contributed by atoms with Gasteiger partial charge in [0, 0.05) is 25.4 Å². The fourth-order valence-electron chi connectivity index (χ4n) is 3.21. The Morgan fingerprint density at radius 3 is 2.55 bits per heavy atom.